The largest absolute Gasteiger partial charge is 0.304 e. The van der Waals surface area contributed by atoms with Crippen molar-refractivity contribution in [2.24, 2.45) is 4.99 Å². The standard InChI is InChI=1S/C18H27N3O2S/c1-5-21(6-2)13-7-12-19-18-15(4)17(24(22,23)20-18)16-10-8-14(3)9-11-16/h8-11H,5-7,12-13H2,1-4H3,(H,19,20). The molecule has 0 amide bonds. The third kappa shape index (κ3) is 4.24. The minimum atomic E-state index is -3.53. The van der Waals surface area contributed by atoms with Gasteiger partial charge in [0.1, 0.15) is 10.7 Å². The molecule has 2 rings (SSSR count). The van der Waals surface area contributed by atoms with Gasteiger partial charge in [0.25, 0.3) is 10.0 Å². The molecule has 0 aliphatic carbocycles. The van der Waals surface area contributed by atoms with Crippen LogP contribution in [0, 0.1) is 6.92 Å². The van der Waals surface area contributed by atoms with Crippen LogP contribution >= 0.6 is 0 Å². The van der Waals surface area contributed by atoms with Crippen LogP contribution in [0.2, 0.25) is 0 Å². The Bertz CT molecular complexity index is 730. The predicted octanol–water partition coefficient (Wildman–Crippen LogP) is 2.79. The number of amidine groups is 1. The van der Waals surface area contributed by atoms with Gasteiger partial charge in [-0.05, 0) is 45.5 Å². The van der Waals surface area contributed by atoms with Gasteiger partial charge in [-0.2, -0.15) is 0 Å². The van der Waals surface area contributed by atoms with Crippen molar-refractivity contribution < 1.29 is 8.42 Å². The lowest BCUT2D eigenvalue weighted by Crippen LogP contribution is -2.26. The van der Waals surface area contributed by atoms with Crippen LogP contribution < -0.4 is 4.72 Å². The summed E-state index contributed by atoms with van der Waals surface area (Å²) in [7, 11) is -3.53. The lowest BCUT2D eigenvalue weighted by atomic mass is 10.1. The molecule has 24 heavy (non-hydrogen) atoms. The smallest absolute Gasteiger partial charge is 0.264 e. The molecule has 1 aromatic rings. The zero-order valence-electron chi connectivity index (χ0n) is 15.0. The van der Waals surface area contributed by atoms with Crippen molar-refractivity contribution in [3.05, 3.63) is 41.0 Å². The van der Waals surface area contributed by atoms with Crippen LogP contribution in [0.1, 0.15) is 38.3 Å². The van der Waals surface area contributed by atoms with E-state index in [2.05, 4.69) is 28.5 Å². The zero-order valence-corrected chi connectivity index (χ0v) is 15.8. The Morgan fingerprint density at radius 3 is 2.29 bits per heavy atom. The molecule has 1 aliphatic heterocycles. The van der Waals surface area contributed by atoms with E-state index in [1.807, 2.05) is 38.1 Å². The van der Waals surface area contributed by atoms with E-state index in [0.29, 0.717) is 28.4 Å². The first-order valence-corrected chi connectivity index (χ1v) is 9.95. The molecule has 0 fully saturated rings. The van der Waals surface area contributed by atoms with Crippen LogP contribution in [-0.4, -0.2) is 45.3 Å². The van der Waals surface area contributed by atoms with Crippen LogP contribution in [0.4, 0.5) is 0 Å². The molecule has 5 nitrogen and oxygen atoms in total. The molecule has 1 heterocycles. The second-order valence-corrected chi connectivity index (χ2v) is 7.66. The van der Waals surface area contributed by atoms with Gasteiger partial charge in [-0.15, -0.1) is 0 Å². The Labute approximate surface area is 145 Å². The van der Waals surface area contributed by atoms with Gasteiger partial charge in [-0.1, -0.05) is 43.7 Å². The molecule has 1 N–H and O–H groups in total. The maximum atomic E-state index is 12.4. The van der Waals surface area contributed by atoms with Crippen LogP contribution in [0.5, 0.6) is 0 Å². The fraction of sp³-hybridized carbons (Fsp3) is 0.500. The van der Waals surface area contributed by atoms with Crippen LogP contribution in [-0.2, 0) is 10.0 Å². The normalized spacial score (nSPS) is 18.5. The van der Waals surface area contributed by atoms with E-state index >= 15 is 0 Å². The second-order valence-electron chi connectivity index (χ2n) is 6.04. The zero-order chi connectivity index (χ0) is 17.7. The summed E-state index contributed by atoms with van der Waals surface area (Å²) in [6.07, 6.45) is 0.917. The molecule has 0 aromatic heterocycles. The highest BCUT2D eigenvalue weighted by Gasteiger charge is 2.32. The number of hydrogen-bond acceptors (Lipinski definition) is 4. The molecule has 0 radical (unpaired) electrons. The van der Waals surface area contributed by atoms with Crippen molar-refractivity contribution in [3.63, 3.8) is 0 Å². The van der Waals surface area contributed by atoms with E-state index in [1.165, 1.54) is 0 Å². The van der Waals surface area contributed by atoms with Crippen molar-refractivity contribution in [2.75, 3.05) is 26.2 Å². The van der Waals surface area contributed by atoms with Crippen LogP contribution in [0.25, 0.3) is 4.91 Å². The summed E-state index contributed by atoms with van der Waals surface area (Å²) in [5.74, 6) is 0.477. The molecule has 0 spiro atoms. The monoisotopic (exact) mass is 349 g/mol. The molecule has 0 saturated carbocycles. The van der Waals surface area contributed by atoms with E-state index in [1.54, 1.807) is 0 Å². The van der Waals surface area contributed by atoms with Crippen molar-refractivity contribution in [1.29, 1.82) is 0 Å². The van der Waals surface area contributed by atoms with Gasteiger partial charge in [-0.3, -0.25) is 9.71 Å². The quantitative estimate of drug-likeness (QED) is 0.770. The lowest BCUT2D eigenvalue weighted by molar-refractivity contribution is 0.302. The Kier molecular flexibility index (Phi) is 6.18. The minimum absolute atomic E-state index is 0.338. The van der Waals surface area contributed by atoms with Crippen molar-refractivity contribution in [2.45, 2.75) is 34.1 Å². The van der Waals surface area contributed by atoms with E-state index in [9.17, 15) is 8.42 Å². The van der Waals surface area contributed by atoms with E-state index in [0.717, 1.165) is 31.6 Å². The first-order chi connectivity index (χ1) is 11.4. The molecular formula is C18H27N3O2S. The highest BCUT2D eigenvalue weighted by molar-refractivity contribution is 8.00. The van der Waals surface area contributed by atoms with Crippen LogP contribution in [0.3, 0.4) is 0 Å². The van der Waals surface area contributed by atoms with Crippen LogP contribution in [0.15, 0.2) is 34.8 Å². The number of hydrogen-bond donors (Lipinski definition) is 1. The summed E-state index contributed by atoms with van der Waals surface area (Å²) in [5, 5.41) is 0. The highest BCUT2D eigenvalue weighted by Crippen LogP contribution is 2.29. The SMILES string of the molecule is CCN(CC)CCCN=C1NS(=O)(=O)C(c2ccc(C)cc2)=C1C. The van der Waals surface area contributed by atoms with E-state index in [4.69, 9.17) is 0 Å². The van der Waals surface area contributed by atoms with Gasteiger partial charge in [0, 0.05) is 12.1 Å². The predicted molar refractivity (Wildman–Crippen MR) is 101 cm³/mol. The first kappa shape index (κ1) is 18.7. The van der Waals surface area contributed by atoms with E-state index < -0.39 is 10.0 Å². The third-order valence-electron chi connectivity index (χ3n) is 4.31. The average molecular weight is 350 g/mol. The molecule has 0 unspecified atom stereocenters. The molecule has 0 atom stereocenters. The van der Waals surface area contributed by atoms with Gasteiger partial charge in [0.2, 0.25) is 0 Å². The third-order valence-corrected chi connectivity index (χ3v) is 5.85. The fourth-order valence-electron chi connectivity index (χ4n) is 2.82. The summed E-state index contributed by atoms with van der Waals surface area (Å²) < 4.78 is 27.5. The Morgan fingerprint density at radius 1 is 1.08 bits per heavy atom. The first-order valence-electron chi connectivity index (χ1n) is 8.47. The Hall–Kier alpha value is -1.66. The number of aryl methyl sites for hydroxylation is 1. The highest BCUT2D eigenvalue weighted by atomic mass is 32.2. The van der Waals surface area contributed by atoms with Gasteiger partial charge in [0.05, 0.1) is 0 Å². The number of aliphatic imine (C=N–C) groups is 1. The topological polar surface area (TPSA) is 61.8 Å². The maximum absolute atomic E-state index is 12.4. The molecular weight excluding hydrogens is 322 g/mol. The molecule has 1 aromatic carbocycles. The van der Waals surface area contributed by atoms with Crippen molar-refractivity contribution in [1.82, 2.24) is 9.62 Å². The van der Waals surface area contributed by atoms with Gasteiger partial charge >= 0.3 is 0 Å². The maximum Gasteiger partial charge on any atom is 0.264 e. The van der Waals surface area contributed by atoms with Crippen molar-refractivity contribution >= 4 is 20.8 Å². The minimum Gasteiger partial charge on any atom is -0.304 e. The number of sulfonamides is 1. The molecule has 0 saturated heterocycles. The molecule has 6 heteroatoms. The van der Waals surface area contributed by atoms with E-state index in [-0.39, 0.29) is 0 Å². The fourth-order valence-corrected chi connectivity index (χ4v) is 4.34. The number of benzene rings is 1. The summed E-state index contributed by atoms with van der Waals surface area (Å²) >= 11 is 0. The summed E-state index contributed by atoms with van der Waals surface area (Å²) in [5.41, 5.74) is 2.51. The Morgan fingerprint density at radius 2 is 1.71 bits per heavy atom. The summed E-state index contributed by atoms with van der Waals surface area (Å²) in [4.78, 5) is 7.15. The molecule has 0 bridgehead atoms. The van der Waals surface area contributed by atoms with Gasteiger partial charge in [0.15, 0.2) is 0 Å². The second kappa shape index (κ2) is 7.94. The number of nitrogens with one attached hydrogen (secondary N) is 1. The van der Waals surface area contributed by atoms with Gasteiger partial charge in [-0.25, -0.2) is 8.42 Å². The molecule has 132 valence electrons. The summed E-state index contributed by atoms with van der Waals surface area (Å²) in [6.45, 7) is 11.7. The summed E-state index contributed by atoms with van der Waals surface area (Å²) in [6, 6.07) is 7.53. The number of nitrogens with zero attached hydrogens (tertiary/aromatic N) is 2. The lowest BCUT2D eigenvalue weighted by Gasteiger charge is -2.16. The molecule has 1 aliphatic rings. The number of rotatable bonds is 7. The Balaban J connectivity index is 2.16. The van der Waals surface area contributed by atoms with Crippen molar-refractivity contribution in [3.8, 4) is 0 Å². The van der Waals surface area contributed by atoms with Gasteiger partial charge < -0.3 is 4.90 Å². The average Bonchev–Trinajstić information content (AvgIpc) is 2.78.